The number of nitrogens with two attached hydrogens (primary N) is 1. The van der Waals surface area contributed by atoms with Crippen LogP contribution < -0.4 is 11.1 Å². The molecule has 4 atom stereocenters. The van der Waals surface area contributed by atoms with Crippen LogP contribution in [0.25, 0.3) is 0 Å². The first kappa shape index (κ1) is 13.1. The van der Waals surface area contributed by atoms with E-state index in [-0.39, 0.29) is 24.1 Å². The van der Waals surface area contributed by atoms with Crippen LogP contribution >= 0.6 is 15.9 Å². The first-order valence-corrected chi connectivity index (χ1v) is 7.32. The molecule has 0 aromatic heterocycles. The number of nitrogens with one attached hydrogen (secondary N) is 1. The Bertz CT molecular complexity index is 520. The molecule has 1 aliphatic heterocycles. The largest absolute Gasteiger partial charge is 0.376 e. The molecule has 2 fully saturated rings. The number of carbonyl (C=O) groups excluding carboxylic acids is 1. The highest BCUT2D eigenvalue weighted by molar-refractivity contribution is 9.10. The number of benzene rings is 1. The minimum absolute atomic E-state index is 0.0175. The van der Waals surface area contributed by atoms with Gasteiger partial charge in [-0.15, -0.1) is 0 Å². The summed E-state index contributed by atoms with van der Waals surface area (Å²) in [5.74, 6) is 0.335. The monoisotopic (exact) mass is 324 g/mol. The lowest BCUT2D eigenvalue weighted by atomic mass is 9.72. The van der Waals surface area contributed by atoms with E-state index >= 15 is 0 Å². The Morgan fingerprint density at radius 1 is 1.53 bits per heavy atom. The highest BCUT2D eigenvalue weighted by atomic mass is 79.9. The maximum atomic E-state index is 12.3. The molecule has 1 amide bonds. The Kier molecular flexibility index (Phi) is 3.37. The Balaban J connectivity index is 1.73. The Labute approximate surface area is 120 Å². The third-order valence-electron chi connectivity index (χ3n) is 4.26. The molecule has 102 valence electrons. The average Bonchev–Trinajstić information content (AvgIpc) is 2.83. The molecule has 0 spiro atoms. The number of fused-ring (bicyclic) bond motifs is 1. The molecule has 0 bridgehead atoms. The van der Waals surface area contributed by atoms with Gasteiger partial charge in [-0.25, -0.2) is 0 Å². The number of amides is 1. The molecule has 0 radical (unpaired) electrons. The second-order valence-electron chi connectivity index (χ2n) is 5.28. The zero-order chi connectivity index (χ0) is 13.6. The zero-order valence-corrected chi connectivity index (χ0v) is 12.3. The summed E-state index contributed by atoms with van der Waals surface area (Å²) in [6.07, 6.45) is 1.11. The normalized spacial score (nSPS) is 32.6. The van der Waals surface area contributed by atoms with Crippen molar-refractivity contribution in [2.45, 2.75) is 31.5 Å². The minimum atomic E-state index is -0.0757. The molecule has 1 aromatic rings. The van der Waals surface area contributed by atoms with E-state index in [9.17, 15) is 4.79 Å². The van der Waals surface area contributed by atoms with Crippen molar-refractivity contribution in [2.75, 3.05) is 6.61 Å². The molecule has 1 aromatic carbocycles. The van der Waals surface area contributed by atoms with Crippen LogP contribution in [0.2, 0.25) is 0 Å². The lowest BCUT2D eigenvalue weighted by molar-refractivity contribution is -0.0161. The van der Waals surface area contributed by atoms with Gasteiger partial charge in [0.2, 0.25) is 0 Å². The van der Waals surface area contributed by atoms with Crippen LogP contribution in [0.5, 0.6) is 0 Å². The number of carbonyl (C=O) groups is 1. The summed E-state index contributed by atoms with van der Waals surface area (Å²) in [5, 5.41) is 3.01. The highest BCUT2D eigenvalue weighted by Crippen LogP contribution is 2.37. The molecular weight excluding hydrogens is 308 g/mol. The average molecular weight is 325 g/mol. The van der Waals surface area contributed by atoms with Gasteiger partial charge in [-0.2, -0.15) is 0 Å². The van der Waals surface area contributed by atoms with E-state index in [1.807, 2.05) is 25.1 Å². The smallest absolute Gasteiger partial charge is 0.251 e. The van der Waals surface area contributed by atoms with Crippen molar-refractivity contribution in [1.29, 1.82) is 0 Å². The fraction of sp³-hybridized carbons (Fsp3) is 0.500. The number of rotatable bonds is 2. The molecule has 3 rings (SSSR count). The van der Waals surface area contributed by atoms with Crippen molar-refractivity contribution in [3.8, 4) is 0 Å². The van der Waals surface area contributed by atoms with Gasteiger partial charge in [0.05, 0.1) is 12.1 Å². The van der Waals surface area contributed by atoms with Crippen LogP contribution in [0, 0.1) is 12.8 Å². The van der Waals surface area contributed by atoms with E-state index in [1.54, 1.807) is 0 Å². The van der Waals surface area contributed by atoms with Crippen molar-refractivity contribution in [2.24, 2.45) is 11.7 Å². The Morgan fingerprint density at radius 2 is 2.32 bits per heavy atom. The van der Waals surface area contributed by atoms with Gasteiger partial charge in [0.25, 0.3) is 5.91 Å². The fourth-order valence-electron chi connectivity index (χ4n) is 3.01. The van der Waals surface area contributed by atoms with E-state index in [1.165, 1.54) is 0 Å². The SMILES string of the molecule is Cc1c(Br)cccc1C(=O)NC1C(N)C2CCOC21. The maximum Gasteiger partial charge on any atom is 0.251 e. The summed E-state index contributed by atoms with van der Waals surface area (Å²) >= 11 is 3.44. The lowest BCUT2D eigenvalue weighted by Crippen LogP contribution is -2.69. The molecule has 1 aliphatic carbocycles. The standard InChI is InChI=1S/C14H17BrN2O2/c1-7-8(3-2-4-10(7)15)14(18)17-12-11(16)9-5-6-19-13(9)12/h2-4,9,11-13H,5-6,16H2,1H3,(H,17,18). The second-order valence-corrected chi connectivity index (χ2v) is 6.13. The van der Waals surface area contributed by atoms with Crippen molar-refractivity contribution >= 4 is 21.8 Å². The Morgan fingerprint density at radius 3 is 3.11 bits per heavy atom. The van der Waals surface area contributed by atoms with Crippen molar-refractivity contribution in [3.63, 3.8) is 0 Å². The lowest BCUT2D eigenvalue weighted by Gasteiger charge is -2.45. The van der Waals surface area contributed by atoms with Crippen LogP contribution in [0.3, 0.4) is 0 Å². The van der Waals surface area contributed by atoms with Gasteiger partial charge in [-0.05, 0) is 31.0 Å². The molecule has 2 aliphatic rings. The van der Waals surface area contributed by atoms with Crippen LogP contribution in [-0.2, 0) is 4.74 Å². The minimum Gasteiger partial charge on any atom is -0.376 e. The molecule has 3 N–H and O–H groups in total. The zero-order valence-electron chi connectivity index (χ0n) is 10.7. The summed E-state index contributed by atoms with van der Waals surface area (Å²) in [6, 6.07) is 5.58. The van der Waals surface area contributed by atoms with Gasteiger partial charge in [0, 0.05) is 28.6 Å². The van der Waals surface area contributed by atoms with Gasteiger partial charge in [0.15, 0.2) is 0 Å². The Hall–Kier alpha value is -0.910. The summed E-state index contributed by atoms with van der Waals surface area (Å²) in [4.78, 5) is 12.3. The third-order valence-corrected chi connectivity index (χ3v) is 5.12. The number of ether oxygens (including phenoxy) is 1. The van der Waals surface area contributed by atoms with Gasteiger partial charge in [-0.3, -0.25) is 4.79 Å². The van der Waals surface area contributed by atoms with Crippen LogP contribution in [0.1, 0.15) is 22.3 Å². The van der Waals surface area contributed by atoms with E-state index in [2.05, 4.69) is 21.2 Å². The van der Waals surface area contributed by atoms with Crippen LogP contribution in [0.15, 0.2) is 22.7 Å². The third kappa shape index (κ3) is 2.10. The quantitative estimate of drug-likeness (QED) is 0.868. The van der Waals surface area contributed by atoms with Crippen molar-refractivity contribution in [1.82, 2.24) is 5.32 Å². The maximum absolute atomic E-state index is 12.3. The topological polar surface area (TPSA) is 64.4 Å². The molecule has 1 saturated carbocycles. The van der Waals surface area contributed by atoms with Gasteiger partial charge < -0.3 is 15.8 Å². The molecule has 1 saturated heterocycles. The fourth-order valence-corrected chi connectivity index (χ4v) is 3.38. The van der Waals surface area contributed by atoms with Crippen LogP contribution in [-0.4, -0.2) is 30.7 Å². The first-order chi connectivity index (χ1) is 9.09. The molecule has 5 heteroatoms. The second kappa shape index (κ2) is 4.89. The molecular formula is C14H17BrN2O2. The van der Waals surface area contributed by atoms with Gasteiger partial charge in [-0.1, -0.05) is 22.0 Å². The van der Waals surface area contributed by atoms with Gasteiger partial charge in [0.1, 0.15) is 0 Å². The summed E-state index contributed by atoms with van der Waals surface area (Å²) in [6.45, 7) is 2.68. The molecule has 4 nitrogen and oxygen atoms in total. The van der Waals surface area contributed by atoms with E-state index in [4.69, 9.17) is 10.5 Å². The van der Waals surface area contributed by atoms with E-state index in [0.717, 1.165) is 23.1 Å². The first-order valence-electron chi connectivity index (χ1n) is 6.53. The number of halogens is 1. The molecule has 4 unspecified atom stereocenters. The summed E-state index contributed by atoms with van der Waals surface area (Å²) in [7, 11) is 0. The van der Waals surface area contributed by atoms with E-state index < -0.39 is 0 Å². The predicted molar refractivity (Wildman–Crippen MR) is 76.0 cm³/mol. The van der Waals surface area contributed by atoms with Crippen molar-refractivity contribution in [3.05, 3.63) is 33.8 Å². The molecule has 1 heterocycles. The number of hydrogen-bond donors (Lipinski definition) is 2. The summed E-state index contributed by atoms with van der Waals surface area (Å²) < 4.78 is 6.56. The van der Waals surface area contributed by atoms with E-state index in [0.29, 0.717) is 11.5 Å². The predicted octanol–water partition coefficient (Wildman–Crippen LogP) is 1.60. The van der Waals surface area contributed by atoms with Crippen molar-refractivity contribution < 1.29 is 9.53 Å². The van der Waals surface area contributed by atoms with Crippen LogP contribution in [0.4, 0.5) is 0 Å². The molecule has 19 heavy (non-hydrogen) atoms. The van der Waals surface area contributed by atoms with Gasteiger partial charge >= 0.3 is 0 Å². The summed E-state index contributed by atoms with van der Waals surface area (Å²) in [5.41, 5.74) is 7.72. The number of hydrogen-bond acceptors (Lipinski definition) is 3. The highest BCUT2D eigenvalue weighted by Gasteiger charge is 2.52.